The Bertz CT molecular complexity index is 800. The van der Waals surface area contributed by atoms with Gasteiger partial charge in [-0.2, -0.15) is 0 Å². The fraction of sp³-hybridized carbons (Fsp3) is 0. The molecule has 0 aliphatic carbocycles. The molecular weight excluding hydrogens is 294 g/mol. The van der Waals surface area contributed by atoms with E-state index in [-0.39, 0.29) is 5.91 Å². The van der Waals surface area contributed by atoms with E-state index < -0.39 is 0 Å². The number of hydrogen-bond donors (Lipinski definition) is 2. The second-order valence-corrected chi connectivity index (χ2v) is 5.59. The van der Waals surface area contributed by atoms with Crippen molar-refractivity contribution < 1.29 is 4.79 Å². The third-order valence-electron chi connectivity index (χ3n) is 2.81. The highest BCUT2D eigenvalue weighted by Gasteiger charge is 2.17. The summed E-state index contributed by atoms with van der Waals surface area (Å²) >= 11 is 7.33. The minimum atomic E-state index is -0.279. The summed E-state index contributed by atoms with van der Waals surface area (Å²) in [6, 6.07) is 10.8. The van der Waals surface area contributed by atoms with Crippen LogP contribution in [0.2, 0.25) is 5.02 Å². The molecule has 1 amide bonds. The number of amides is 1. The van der Waals surface area contributed by atoms with Gasteiger partial charge >= 0.3 is 0 Å². The van der Waals surface area contributed by atoms with Gasteiger partial charge in [0.1, 0.15) is 10.4 Å². The molecule has 0 spiro atoms. The highest BCUT2D eigenvalue weighted by molar-refractivity contribution is 7.21. The lowest BCUT2D eigenvalue weighted by Gasteiger charge is -2.05. The van der Waals surface area contributed by atoms with Crippen molar-refractivity contribution in [3.63, 3.8) is 0 Å². The minimum absolute atomic E-state index is 0.279. The third kappa shape index (κ3) is 2.21. The molecule has 0 unspecified atom stereocenters. The molecule has 4 nitrogen and oxygen atoms in total. The second kappa shape index (κ2) is 5.11. The molecule has 100 valence electrons. The highest BCUT2D eigenvalue weighted by Crippen LogP contribution is 2.32. The van der Waals surface area contributed by atoms with Crippen molar-refractivity contribution >= 4 is 50.4 Å². The molecule has 0 aliphatic rings. The molecule has 1 aromatic carbocycles. The third-order valence-corrected chi connectivity index (χ3v) is 4.30. The van der Waals surface area contributed by atoms with E-state index in [1.807, 2.05) is 12.1 Å². The summed E-state index contributed by atoms with van der Waals surface area (Å²) in [4.78, 5) is 16.9. The predicted molar refractivity (Wildman–Crippen MR) is 83.4 cm³/mol. The zero-order valence-electron chi connectivity index (χ0n) is 10.3. The number of halogens is 1. The smallest absolute Gasteiger partial charge is 0.267 e. The Morgan fingerprint density at radius 2 is 2.05 bits per heavy atom. The van der Waals surface area contributed by atoms with Crippen LogP contribution in [0.15, 0.2) is 42.6 Å². The standard InChI is InChI=1S/C14H10ClN3OS/c15-8-4-1-2-5-9(8)18-14(19)13-11(16)12-10(20-13)6-3-7-17-12/h1-7H,16H2,(H,18,19). The van der Waals surface area contributed by atoms with Gasteiger partial charge in [0.15, 0.2) is 0 Å². The van der Waals surface area contributed by atoms with Crippen LogP contribution in [0.3, 0.4) is 0 Å². The molecule has 3 rings (SSSR count). The van der Waals surface area contributed by atoms with E-state index in [1.54, 1.807) is 30.5 Å². The van der Waals surface area contributed by atoms with E-state index in [1.165, 1.54) is 11.3 Å². The Kier molecular flexibility index (Phi) is 3.30. The number of fused-ring (bicyclic) bond motifs is 1. The number of aromatic nitrogens is 1. The maximum Gasteiger partial charge on any atom is 0.267 e. The van der Waals surface area contributed by atoms with Crippen LogP contribution < -0.4 is 11.1 Å². The molecule has 20 heavy (non-hydrogen) atoms. The lowest BCUT2D eigenvalue weighted by molar-refractivity contribution is 0.103. The quantitative estimate of drug-likeness (QED) is 0.757. The molecule has 0 saturated heterocycles. The molecule has 6 heteroatoms. The number of nitrogens with two attached hydrogens (primary N) is 1. The molecule has 2 heterocycles. The fourth-order valence-corrected chi connectivity index (χ4v) is 3.02. The van der Waals surface area contributed by atoms with E-state index in [0.717, 1.165) is 4.70 Å². The normalized spacial score (nSPS) is 10.7. The van der Waals surface area contributed by atoms with E-state index in [9.17, 15) is 4.79 Å². The summed E-state index contributed by atoms with van der Waals surface area (Å²) in [5.41, 5.74) is 7.60. The van der Waals surface area contributed by atoms with Crippen molar-refractivity contribution in [2.75, 3.05) is 11.1 Å². The van der Waals surface area contributed by atoms with E-state index >= 15 is 0 Å². The van der Waals surface area contributed by atoms with Crippen molar-refractivity contribution in [3.8, 4) is 0 Å². The maximum atomic E-state index is 12.3. The molecule has 0 radical (unpaired) electrons. The van der Waals surface area contributed by atoms with Crippen LogP contribution in [-0.2, 0) is 0 Å². The zero-order valence-corrected chi connectivity index (χ0v) is 11.8. The Morgan fingerprint density at radius 1 is 1.25 bits per heavy atom. The van der Waals surface area contributed by atoms with Crippen molar-refractivity contribution in [3.05, 3.63) is 52.5 Å². The second-order valence-electron chi connectivity index (χ2n) is 4.13. The Hall–Kier alpha value is -2.11. The van der Waals surface area contributed by atoms with Crippen LogP contribution in [0.1, 0.15) is 9.67 Å². The summed E-state index contributed by atoms with van der Waals surface area (Å²) in [5, 5.41) is 3.24. The number of pyridine rings is 1. The SMILES string of the molecule is Nc1c(C(=O)Nc2ccccc2Cl)sc2cccnc12. The van der Waals surface area contributed by atoms with Crippen molar-refractivity contribution in [1.82, 2.24) is 4.98 Å². The van der Waals surface area contributed by atoms with E-state index in [4.69, 9.17) is 17.3 Å². The van der Waals surface area contributed by atoms with Crippen LogP contribution in [0.25, 0.3) is 10.2 Å². The monoisotopic (exact) mass is 303 g/mol. The summed E-state index contributed by atoms with van der Waals surface area (Å²) in [7, 11) is 0. The largest absolute Gasteiger partial charge is 0.396 e. The van der Waals surface area contributed by atoms with Gasteiger partial charge in [-0.25, -0.2) is 0 Å². The van der Waals surface area contributed by atoms with Gasteiger partial charge in [-0.1, -0.05) is 23.7 Å². The van der Waals surface area contributed by atoms with Gasteiger partial charge < -0.3 is 11.1 Å². The Labute approximate surface area is 124 Å². The summed E-state index contributed by atoms with van der Waals surface area (Å²) in [6.07, 6.45) is 1.65. The predicted octanol–water partition coefficient (Wildman–Crippen LogP) is 3.78. The van der Waals surface area contributed by atoms with Gasteiger partial charge in [0.2, 0.25) is 0 Å². The molecule has 3 N–H and O–H groups in total. The van der Waals surface area contributed by atoms with E-state index in [0.29, 0.717) is 26.8 Å². The number of anilines is 2. The average molecular weight is 304 g/mol. The molecule has 2 aromatic heterocycles. The van der Waals surface area contributed by atoms with Gasteiger partial charge in [-0.3, -0.25) is 9.78 Å². The molecule has 0 aliphatic heterocycles. The number of nitrogen functional groups attached to an aromatic ring is 1. The first-order valence-corrected chi connectivity index (χ1v) is 7.05. The fourth-order valence-electron chi connectivity index (χ4n) is 1.86. The average Bonchev–Trinajstić information content (AvgIpc) is 2.79. The van der Waals surface area contributed by atoms with Gasteiger partial charge in [-0.05, 0) is 24.3 Å². The van der Waals surface area contributed by atoms with Crippen LogP contribution in [0.5, 0.6) is 0 Å². The number of nitrogens with one attached hydrogen (secondary N) is 1. The van der Waals surface area contributed by atoms with E-state index in [2.05, 4.69) is 10.3 Å². The van der Waals surface area contributed by atoms with Crippen LogP contribution >= 0.6 is 22.9 Å². The lowest BCUT2D eigenvalue weighted by Crippen LogP contribution is -2.12. The first-order valence-electron chi connectivity index (χ1n) is 5.85. The molecule has 0 bridgehead atoms. The molecule has 3 aromatic rings. The summed E-state index contributed by atoms with van der Waals surface area (Å²) in [6.45, 7) is 0. The summed E-state index contributed by atoms with van der Waals surface area (Å²) < 4.78 is 0.884. The number of para-hydroxylation sites is 1. The number of rotatable bonds is 2. The number of carbonyl (C=O) groups excluding carboxylic acids is 1. The number of benzene rings is 1. The number of carbonyl (C=O) groups is 1. The van der Waals surface area contributed by atoms with Crippen LogP contribution in [0, 0.1) is 0 Å². The van der Waals surface area contributed by atoms with Crippen LogP contribution in [0.4, 0.5) is 11.4 Å². The van der Waals surface area contributed by atoms with Crippen LogP contribution in [-0.4, -0.2) is 10.9 Å². The first kappa shape index (κ1) is 12.9. The first-order chi connectivity index (χ1) is 9.66. The summed E-state index contributed by atoms with van der Waals surface area (Å²) in [5.74, 6) is -0.279. The van der Waals surface area contributed by atoms with Crippen molar-refractivity contribution in [2.45, 2.75) is 0 Å². The molecule has 0 atom stereocenters. The topological polar surface area (TPSA) is 68.0 Å². The molecule has 0 fully saturated rings. The Balaban J connectivity index is 1.97. The Morgan fingerprint density at radius 3 is 2.80 bits per heavy atom. The van der Waals surface area contributed by atoms with Gasteiger partial charge in [0.25, 0.3) is 5.91 Å². The van der Waals surface area contributed by atoms with Gasteiger partial charge in [0.05, 0.1) is 21.1 Å². The molecular formula is C14H10ClN3OS. The molecule has 0 saturated carbocycles. The van der Waals surface area contributed by atoms with Gasteiger partial charge in [0, 0.05) is 6.20 Å². The van der Waals surface area contributed by atoms with Crippen molar-refractivity contribution in [1.29, 1.82) is 0 Å². The number of thiophene rings is 1. The minimum Gasteiger partial charge on any atom is -0.396 e. The van der Waals surface area contributed by atoms with Gasteiger partial charge in [-0.15, -0.1) is 11.3 Å². The number of hydrogen-bond acceptors (Lipinski definition) is 4. The zero-order chi connectivity index (χ0) is 14.1. The lowest BCUT2D eigenvalue weighted by atomic mass is 10.3. The van der Waals surface area contributed by atoms with Crippen molar-refractivity contribution in [2.24, 2.45) is 0 Å². The maximum absolute atomic E-state index is 12.3. The highest BCUT2D eigenvalue weighted by atomic mass is 35.5. The number of nitrogens with zero attached hydrogens (tertiary/aromatic N) is 1.